The van der Waals surface area contributed by atoms with Crippen LogP contribution in [0.3, 0.4) is 0 Å². The van der Waals surface area contributed by atoms with Crippen LogP contribution in [-0.4, -0.2) is 69.9 Å². The average molecular weight is 305 g/mol. The summed E-state index contributed by atoms with van der Waals surface area (Å²) in [5.41, 5.74) is 5.46. The van der Waals surface area contributed by atoms with E-state index in [2.05, 4.69) is 17.9 Å². The van der Waals surface area contributed by atoms with Gasteiger partial charge in [-0.15, -0.1) is 0 Å². The van der Waals surface area contributed by atoms with Crippen molar-refractivity contribution < 1.29 is 24.6 Å². The number of nitrogens with zero attached hydrogens (tertiary/aromatic N) is 1. The summed E-state index contributed by atoms with van der Waals surface area (Å²) in [5, 5.41) is 20.5. The second kappa shape index (κ2) is 7.46. The Kier molecular flexibility index (Phi) is 6.24. The summed E-state index contributed by atoms with van der Waals surface area (Å²) in [7, 11) is 0. The van der Waals surface area contributed by atoms with Crippen molar-refractivity contribution in [2.24, 2.45) is 5.73 Å². The molecule has 0 aromatic carbocycles. The number of carboxylic acid groups (broad SMARTS) is 1. The lowest BCUT2D eigenvalue weighted by atomic mass is 10.2. The third-order valence-electron chi connectivity index (χ3n) is 3.15. The molecule has 0 aromatic rings. The van der Waals surface area contributed by atoms with Crippen LogP contribution in [0.25, 0.3) is 0 Å². The number of aliphatic hydroxyl groups excluding tert-OH is 1. The molecule has 0 saturated carbocycles. The first-order valence-electron chi connectivity index (χ1n) is 6.23. The Morgan fingerprint density at radius 1 is 1.45 bits per heavy atom. The third kappa shape index (κ3) is 3.84. The predicted octanol–water partition coefficient (Wildman–Crippen LogP) is -2.20. The molecule has 0 aromatic heterocycles. The van der Waals surface area contributed by atoms with Crippen LogP contribution in [0, 0.1) is 0 Å². The van der Waals surface area contributed by atoms with Gasteiger partial charge < -0.3 is 26.2 Å². The van der Waals surface area contributed by atoms with Gasteiger partial charge in [-0.3, -0.25) is 9.59 Å². The first-order valence-corrected chi connectivity index (χ1v) is 6.86. The zero-order valence-corrected chi connectivity index (χ0v) is 11.8. The summed E-state index contributed by atoms with van der Waals surface area (Å²) >= 11 is 3.87. The van der Waals surface area contributed by atoms with Crippen LogP contribution in [0.4, 0.5) is 0 Å². The van der Waals surface area contributed by atoms with E-state index in [-0.39, 0.29) is 5.75 Å². The summed E-state index contributed by atoms with van der Waals surface area (Å²) < 4.78 is 0. The number of amides is 2. The molecule has 20 heavy (non-hydrogen) atoms. The zero-order valence-electron chi connectivity index (χ0n) is 10.9. The van der Waals surface area contributed by atoms with Gasteiger partial charge in [-0.25, -0.2) is 4.79 Å². The molecular weight excluding hydrogens is 286 g/mol. The number of aliphatic hydroxyl groups is 1. The maximum Gasteiger partial charge on any atom is 0.326 e. The van der Waals surface area contributed by atoms with E-state index in [9.17, 15) is 19.5 Å². The van der Waals surface area contributed by atoms with Gasteiger partial charge >= 0.3 is 5.97 Å². The number of rotatable bonds is 6. The Balaban J connectivity index is 2.72. The Morgan fingerprint density at radius 3 is 2.60 bits per heavy atom. The Bertz CT molecular complexity index is 392. The van der Waals surface area contributed by atoms with Crippen molar-refractivity contribution in [2.75, 3.05) is 18.9 Å². The molecule has 8 nitrogen and oxygen atoms in total. The monoisotopic (exact) mass is 305 g/mol. The Hall–Kier alpha value is -1.32. The van der Waals surface area contributed by atoms with Crippen LogP contribution < -0.4 is 11.1 Å². The van der Waals surface area contributed by atoms with Gasteiger partial charge in [0.05, 0.1) is 12.6 Å². The molecule has 114 valence electrons. The smallest absolute Gasteiger partial charge is 0.326 e. The molecule has 0 aliphatic carbocycles. The second-order valence-electron chi connectivity index (χ2n) is 4.56. The number of nitrogens with two attached hydrogens (primary N) is 1. The maximum atomic E-state index is 12.2. The highest BCUT2D eigenvalue weighted by atomic mass is 32.1. The van der Waals surface area contributed by atoms with Crippen LogP contribution in [0.1, 0.15) is 12.8 Å². The van der Waals surface area contributed by atoms with Crippen molar-refractivity contribution in [1.82, 2.24) is 10.2 Å². The number of thiol groups is 1. The lowest BCUT2D eigenvalue weighted by molar-refractivity contribution is -0.149. The number of aliphatic carboxylic acids is 1. The highest BCUT2D eigenvalue weighted by Gasteiger charge is 2.37. The summed E-state index contributed by atoms with van der Waals surface area (Å²) in [6.07, 6.45) is 0.939. The molecular formula is C11H19N3O5S. The normalized spacial score (nSPS) is 21.4. The first-order chi connectivity index (χ1) is 9.42. The first kappa shape index (κ1) is 16.7. The Labute approximate surface area is 121 Å². The van der Waals surface area contributed by atoms with Crippen LogP contribution >= 0.6 is 12.6 Å². The van der Waals surface area contributed by atoms with Crippen molar-refractivity contribution in [2.45, 2.75) is 31.0 Å². The average Bonchev–Trinajstić information content (AvgIpc) is 2.92. The van der Waals surface area contributed by atoms with E-state index < -0.39 is 42.5 Å². The molecule has 1 aliphatic heterocycles. The van der Waals surface area contributed by atoms with E-state index in [0.717, 1.165) is 4.90 Å². The molecule has 0 spiro atoms. The van der Waals surface area contributed by atoms with E-state index in [1.54, 1.807) is 0 Å². The van der Waals surface area contributed by atoms with E-state index in [0.29, 0.717) is 19.4 Å². The number of carboxylic acids is 1. The minimum Gasteiger partial charge on any atom is -0.480 e. The van der Waals surface area contributed by atoms with Crippen molar-refractivity contribution in [3.63, 3.8) is 0 Å². The number of hydrogen-bond acceptors (Lipinski definition) is 6. The summed E-state index contributed by atoms with van der Waals surface area (Å²) in [4.78, 5) is 36.0. The van der Waals surface area contributed by atoms with E-state index >= 15 is 0 Å². The van der Waals surface area contributed by atoms with Crippen molar-refractivity contribution in [3.05, 3.63) is 0 Å². The largest absolute Gasteiger partial charge is 0.480 e. The summed E-state index contributed by atoms with van der Waals surface area (Å²) in [6.45, 7) is -0.326. The van der Waals surface area contributed by atoms with E-state index in [1.807, 2.05) is 0 Å². The summed E-state index contributed by atoms with van der Waals surface area (Å²) in [5.74, 6) is -2.22. The number of nitrogens with one attached hydrogen (secondary N) is 1. The molecule has 2 amide bonds. The highest BCUT2D eigenvalue weighted by molar-refractivity contribution is 7.80. The number of carbonyl (C=O) groups excluding carboxylic acids is 2. The molecule has 1 rings (SSSR count). The fraction of sp³-hybridized carbons (Fsp3) is 0.727. The van der Waals surface area contributed by atoms with Gasteiger partial charge in [-0.2, -0.15) is 12.6 Å². The standard InChI is InChI=1S/C11H19N3O5S/c12-6(5-20)9(16)13-7(4-15)10(17)14-3-1-2-8(14)11(18)19/h6-8,15,20H,1-5,12H2,(H,13,16)(H,18,19)/t6-,7-,8+/m0/s1. The Morgan fingerprint density at radius 2 is 2.10 bits per heavy atom. The number of hydrogen-bond donors (Lipinski definition) is 5. The molecule has 1 saturated heterocycles. The van der Waals surface area contributed by atoms with Gasteiger partial charge in [0.25, 0.3) is 0 Å². The molecule has 0 radical (unpaired) electrons. The maximum absolute atomic E-state index is 12.2. The fourth-order valence-electron chi connectivity index (χ4n) is 2.03. The number of likely N-dealkylation sites (tertiary alicyclic amines) is 1. The van der Waals surface area contributed by atoms with E-state index in [4.69, 9.17) is 10.8 Å². The molecule has 9 heteroatoms. The minimum absolute atomic E-state index is 0.0969. The molecule has 0 bridgehead atoms. The van der Waals surface area contributed by atoms with Gasteiger partial charge in [-0.1, -0.05) is 0 Å². The zero-order chi connectivity index (χ0) is 15.3. The van der Waals surface area contributed by atoms with Crippen molar-refractivity contribution >= 4 is 30.4 Å². The van der Waals surface area contributed by atoms with Gasteiger partial charge in [0, 0.05) is 12.3 Å². The fourth-order valence-corrected chi connectivity index (χ4v) is 2.20. The topological polar surface area (TPSA) is 133 Å². The highest BCUT2D eigenvalue weighted by Crippen LogP contribution is 2.18. The quantitative estimate of drug-likeness (QED) is 0.354. The molecule has 5 N–H and O–H groups in total. The lowest BCUT2D eigenvalue weighted by Gasteiger charge is -2.26. The van der Waals surface area contributed by atoms with Gasteiger partial charge in [0.2, 0.25) is 11.8 Å². The van der Waals surface area contributed by atoms with Gasteiger partial charge in [-0.05, 0) is 12.8 Å². The molecule has 0 unspecified atom stereocenters. The molecule has 1 fully saturated rings. The van der Waals surface area contributed by atoms with Crippen molar-refractivity contribution in [1.29, 1.82) is 0 Å². The van der Waals surface area contributed by atoms with Crippen LogP contribution in [0.2, 0.25) is 0 Å². The lowest BCUT2D eigenvalue weighted by Crippen LogP contribution is -2.56. The molecule has 1 aliphatic rings. The number of carbonyl (C=O) groups is 3. The minimum atomic E-state index is -1.19. The van der Waals surface area contributed by atoms with Crippen LogP contribution in [0.5, 0.6) is 0 Å². The second-order valence-corrected chi connectivity index (χ2v) is 4.93. The SMILES string of the molecule is N[C@@H](CS)C(=O)N[C@@H](CO)C(=O)N1CCC[C@@H]1C(=O)O. The van der Waals surface area contributed by atoms with Crippen LogP contribution in [0.15, 0.2) is 0 Å². The molecule has 1 heterocycles. The van der Waals surface area contributed by atoms with Crippen molar-refractivity contribution in [3.8, 4) is 0 Å². The predicted molar refractivity (Wildman–Crippen MR) is 73.2 cm³/mol. The van der Waals surface area contributed by atoms with Crippen LogP contribution in [-0.2, 0) is 14.4 Å². The summed E-state index contributed by atoms with van der Waals surface area (Å²) in [6, 6.07) is -2.99. The van der Waals surface area contributed by atoms with E-state index in [1.165, 1.54) is 0 Å². The van der Waals surface area contributed by atoms with Gasteiger partial charge in [0.15, 0.2) is 0 Å². The molecule has 3 atom stereocenters. The third-order valence-corrected chi connectivity index (χ3v) is 3.54. The van der Waals surface area contributed by atoms with Gasteiger partial charge in [0.1, 0.15) is 12.1 Å².